The number of rotatable bonds is 2. The minimum Gasteiger partial charge on any atom is -0.465 e. The van der Waals surface area contributed by atoms with Crippen LogP contribution in [0.3, 0.4) is 0 Å². The molecule has 0 aliphatic heterocycles. The Kier molecular flexibility index (Phi) is 3.61. The molecule has 0 saturated carbocycles. The van der Waals surface area contributed by atoms with Crippen molar-refractivity contribution in [1.82, 2.24) is 9.78 Å². The highest BCUT2D eigenvalue weighted by atomic mass is 79.9. The van der Waals surface area contributed by atoms with Crippen molar-refractivity contribution in [3.63, 3.8) is 0 Å². The Bertz CT molecular complexity index is 703. The van der Waals surface area contributed by atoms with Gasteiger partial charge >= 0.3 is 5.97 Å². The molecule has 1 aromatic heterocycles. The standard InChI is InChI=1S/C15H15BrN2O2/c1-20-15(19)10-7-8-12-13(9-10)18(17-14(12)16)11-5-3-2-4-6-11/h5,7-9H,2-4,6H2,1H3. The average Bonchev–Trinajstić information content (AvgIpc) is 2.84. The van der Waals surface area contributed by atoms with Crippen LogP contribution in [0.15, 0.2) is 28.9 Å². The first-order chi connectivity index (χ1) is 9.70. The van der Waals surface area contributed by atoms with E-state index in [-0.39, 0.29) is 5.97 Å². The number of carbonyl (C=O) groups is 1. The van der Waals surface area contributed by atoms with Gasteiger partial charge in [-0.05, 0) is 59.8 Å². The third-order valence-corrected chi connectivity index (χ3v) is 4.18. The molecule has 0 fully saturated rings. The molecule has 0 bridgehead atoms. The van der Waals surface area contributed by atoms with Crippen LogP contribution in [0.2, 0.25) is 0 Å². The molecular weight excluding hydrogens is 320 g/mol. The summed E-state index contributed by atoms with van der Waals surface area (Å²) in [6, 6.07) is 5.51. The van der Waals surface area contributed by atoms with E-state index in [1.54, 1.807) is 6.07 Å². The number of methoxy groups -OCH3 is 1. The Morgan fingerprint density at radius 3 is 2.95 bits per heavy atom. The first kappa shape index (κ1) is 13.4. The van der Waals surface area contributed by atoms with Crippen molar-refractivity contribution in [3.8, 4) is 0 Å². The van der Waals surface area contributed by atoms with E-state index in [2.05, 4.69) is 27.1 Å². The summed E-state index contributed by atoms with van der Waals surface area (Å²) in [7, 11) is 1.39. The summed E-state index contributed by atoms with van der Waals surface area (Å²) < 4.78 is 7.52. The quantitative estimate of drug-likeness (QED) is 0.779. The third kappa shape index (κ3) is 2.26. The molecule has 0 saturated heterocycles. The number of carbonyl (C=O) groups excluding carboxylic acids is 1. The van der Waals surface area contributed by atoms with E-state index in [1.165, 1.54) is 25.6 Å². The molecule has 0 spiro atoms. The Morgan fingerprint density at radius 1 is 1.40 bits per heavy atom. The smallest absolute Gasteiger partial charge is 0.337 e. The van der Waals surface area contributed by atoms with E-state index in [0.717, 1.165) is 28.3 Å². The van der Waals surface area contributed by atoms with Gasteiger partial charge in [0.1, 0.15) is 4.60 Å². The number of fused-ring (bicyclic) bond motifs is 1. The minimum atomic E-state index is -0.326. The van der Waals surface area contributed by atoms with E-state index in [1.807, 2.05) is 16.8 Å². The molecule has 0 radical (unpaired) electrons. The Hall–Kier alpha value is -1.62. The highest BCUT2D eigenvalue weighted by molar-refractivity contribution is 9.10. The van der Waals surface area contributed by atoms with Crippen LogP contribution < -0.4 is 0 Å². The SMILES string of the molecule is COC(=O)c1ccc2c(Br)nn(C3=CCCCC3)c2c1. The Balaban J connectivity index is 2.16. The number of hydrogen-bond donors (Lipinski definition) is 0. The summed E-state index contributed by atoms with van der Waals surface area (Å²) in [5.41, 5.74) is 2.69. The van der Waals surface area contributed by atoms with Gasteiger partial charge in [-0.2, -0.15) is 5.10 Å². The first-order valence-corrected chi connectivity index (χ1v) is 7.46. The molecule has 1 aromatic carbocycles. The number of esters is 1. The lowest BCUT2D eigenvalue weighted by molar-refractivity contribution is 0.0601. The van der Waals surface area contributed by atoms with Crippen LogP contribution in [0.4, 0.5) is 0 Å². The van der Waals surface area contributed by atoms with Gasteiger partial charge in [0.2, 0.25) is 0 Å². The fourth-order valence-corrected chi connectivity index (χ4v) is 3.05. The second-order valence-electron chi connectivity index (χ2n) is 4.87. The number of aromatic nitrogens is 2. The molecule has 0 amide bonds. The molecule has 1 heterocycles. The van der Waals surface area contributed by atoms with Gasteiger partial charge in [-0.1, -0.05) is 6.08 Å². The maximum atomic E-state index is 11.7. The maximum absolute atomic E-state index is 11.7. The van der Waals surface area contributed by atoms with Gasteiger partial charge in [0, 0.05) is 11.1 Å². The lowest BCUT2D eigenvalue weighted by Crippen LogP contribution is -2.04. The lowest BCUT2D eigenvalue weighted by atomic mass is 10.0. The number of nitrogens with zero attached hydrogens (tertiary/aromatic N) is 2. The van der Waals surface area contributed by atoms with Gasteiger partial charge in [0.15, 0.2) is 0 Å². The van der Waals surface area contributed by atoms with Crippen molar-refractivity contribution >= 4 is 38.5 Å². The van der Waals surface area contributed by atoms with Crippen molar-refractivity contribution in [3.05, 3.63) is 34.4 Å². The fourth-order valence-electron chi connectivity index (χ4n) is 2.55. The first-order valence-electron chi connectivity index (χ1n) is 6.66. The minimum absolute atomic E-state index is 0.326. The van der Waals surface area contributed by atoms with Crippen LogP contribution >= 0.6 is 15.9 Å². The van der Waals surface area contributed by atoms with Gasteiger partial charge in [-0.25, -0.2) is 9.48 Å². The summed E-state index contributed by atoms with van der Waals surface area (Å²) in [6.07, 6.45) is 6.75. The molecule has 3 rings (SSSR count). The Labute approximate surface area is 125 Å². The zero-order valence-electron chi connectivity index (χ0n) is 11.2. The Morgan fingerprint density at radius 2 is 2.25 bits per heavy atom. The number of allylic oxidation sites excluding steroid dienone is 2. The van der Waals surface area contributed by atoms with Gasteiger partial charge in [0.05, 0.1) is 18.2 Å². The highest BCUT2D eigenvalue weighted by Gasteiger charge is 2.16. The van der Waals surface area contributed by atoms with Crippen molar-refractivity contribution in [2.45, 2.75) is 25.7 Å². The molecule has 0 atom stereocenters. The number of halogens is 1. The summed E-state index contributed by atoms with van der Waals surface area (Å²) in [4.78, 5) is 11.7. The third-order valence-electron chi connectivity index (χ3n) is 3.60. The number of benzene rings is 1. The summed E-state index contributed by atoms with van der Waals surface area (Å²) in [5.74, 6) is -0.326. The topological polar surface area (TPSA) is 44.1 Å². The summed E-state index contributed by atoms with van der Waals surface area (Å²) in [6.45, 7) is 0. The molecule has 5 heteroatoms. The molecule has 0 unspecified atom stereocenters. The van der Waals surface area contributed by atoms with Crippen LogP contribution in [0.1, 0.15) is 36.0 Å². The second-order valence-corrected chi connectivity index (χ2v) is 5.62. The van der Waals surface area contributed by atoms with E-state index in [0.29, 0.717) is 5.56 Å². The number of hydrogen-bond acceptors (Lipinski definition) is 3. The molecule has 4 nitrogen and oxygen atoms in total. The van der Waals surface area contributed by atoms with Crippen LogP contribution in [-0.2, 0) is 4.74 Å². The van der Waals surface area contributed by atoms with Crippen LogP contribution in [0.5, 0.6) is 0 Å². The normalized spacial score (nSPS) is 15.2. The monoisotopic (exact) mass is 334 g/mol. The van der Waals surface area contributed by atoms with Crippen molar-refractivity contribution in [2.24, 2.45) is 0 Å². The number of ether oxygens (including phenoxy) is 1. The molecule has 0 N–H and O–H groups in total. The summed E-state index contributed by atoms with van der Waals surface area (Å²) >= 11 is 3.49. The largest absolute Gasteiger partial charge is 0.465 e. The maximum Gasteiger partial charge on any atom is 0.337 e. The van der Waals surface area contributed by atoms with Crippen molar-refractivity contribution in [1.29, 1.82) is 0 Å². The van der Waals surface area contributed by atoms with Crippen molar-refractivity contribution < 1.29 is 9.53 Å². The van der Waals surface area contributed by atoms with E-state index in [4.69, 9.17) is 4.74 Å². The molecule has 1 aliphatic carbocycles. The molecule has 1 aliphatic rings. The van der Waals surface area contributed by atoms with Gasteiger partial charge in [-0.15, -0.1) is 0 Å². The lowest BCUT2D eigenvalue weighted by Gasteiger charge is -2.13. The van der Waals surface area contributed by atoms with E-state index < -0.39 is 0 Å². The van der Waals surface area contributed by atoms with Crippen LogP contribution in [0, 0.1) is 0 Å². The van der Waals surface area contributed by atoms with Crippen LogP contribution in [0.25, 0.3) is 16.6 Å². The molecule has 20 heavy (non-hydrogen) atoms. The second kappa shape index (κ2) is 5.40. The fraction of sp³-hybridized carbons (Fsp3) is 0.333. The van der Waals surface area contributed by atoms with Gasteiger partial charge in [0.25, 0.3) is 0 Å². The zero-order chi connectivity index (χ0) is 14.1. The zero-order valence-corrected chi connectivity index (χ0v) is 12.8. The predicted octanol–water partition coefficient (Wildman–Crippen LogP) is 4.00. The van der Waals surface area contributed by atoms with Crippen molar-refractivity contribution in [2.75, 3.05) is 7.11 Å². The van der Waals surface area contributed by atoms with Crippen LogP contribution in [-0.4, -0.2) is 22.9 Å². The van der Waals surface area contributed by atoms with Gasteiger partial charge in [-0.3, -0.25) is 0 Å². The average molecular weight is 335 g/mol. The molecular formula is C15H15BrN2O2. The predicted molar refractivity (Wildman–Crippen MR) is 81.5 cm³/mol. The highest BCUT2D eigenvalue weighted by Crippen LogP contribution is 2.30. The van der Waals surface area contributed by atoms with E-state index >= 15 is 0 Å². The molecule has 104 valence electrons. The summed E-state index contributed by atoms with van der Waals surface area (Å²) in [5, 5.41) is 5.56. The van der Waals surface area contributed by atoms with E-state index in [9.17, 15) is 4.79 Å². The molecule has 2 aromatic rings. The van der Waals surface area contributed by atoms with Gasteiger partial charge < -0.3 is 4.74 Å².